The van der Waals surface area contributed by atoms with Crippen molar-refractivity contribution in [2.45, 2.75) is 247 Å². The smallest absolute Gasteiger partial charge is 0.410 e. The molecule has 0 aromatic carbocycles. The fourth-order valence-electron chi connectivity index (χ4n) is 7.65. The fourth-order valence-corrected chi connectivity index (χ4v) is 7.65. The van der Waals surface area contributed by atoms with E-state index in [-0.39, 0.29) is 36.0 Å². The van der Waals surface area contributed by atoms with Gasteiger partial charge in [0.15, 0.2) is 0 Å². The van der Waals surface area contributed by atoms with E-state index >= 15 is 0 Å². The first kappa shape index (κ1) is 53.7. The molecule has 1 heterocycles. The molecule has 1 fully saturated rings. The number of carbonyl (C=O) groups excluding carboxylic acids is 4. The summed E-state index contributed by atoms with van der Waals surface area (Å²) in [6, 6.07) is 0. The zero-order chi connectivity index (χ0) is 43.3. The number of hydrogen-bond donors (Lipinski definition) is 0. The average molecular weight is 822 g/mol. The summed E-state index contributed by atoms with van der Waals surface area (Å²) in [6.45, 7) is 20.2. The van der Waals surface area contributed by atoms with Crippen LogP contribution in [0.1, 0.15) is 236 Å². The van der Waals surface area contributed by atoms with Crippen molar-refractivity contribution in [2.24, 2.45) is 16.7 Å². The predicted molar refractivity (Wildman–Crippen MR) is 237 cm³/mol. The molecular weight excluding hydrogens is 731 g/mol. The van der Waals surface area contributed by atoms with Crippen LogP contribution in [0.2, 0.25) is 0 Å². The summed E-state index contributed by atoms with van der Waals surface area (Å²) in [7, 11) is 0. The molecule has 0 aliphatic carbocycles. The second kappa shape index (κ2) is 30.7. The van der Waals surface area contributed by atoms with Gasteiger partial charge in [0.2, 0.25) is 0 Å². The van der Waals surface area contributed by atoms with Crippen LogP contribution < -0.4 is 0 Å². The quantitative estimate of drug-likeness (QED) is 0.0366. The SMILES string of the molecule is CCCCCCCCCOC(=O)C(C)(C)CCCCCC(CCCCCC(C)(C)C(=O)OCCCCCCCCC)OC(=O)CC1CCN(C(=O)OC(C)(C)C)CC1. The molecule has 0 atom stereocenters. The van der Waals surface area contributed by atoms with Crippen molar-refractivity contribution in [3.63, 3.8) is 0 Å². The van der Waals surface area contributed by atoms with Crippen LogP contribution >= 0.6 is 0 Å². The lowest BCUT2D eigenvalue weighted by Gasteiger charge is -2.33. The molecule has 0 N–H and O–H groups in total. The topological polar surface area (TPSA) is 108 Å². The number of ether oxygens (including phenoxy) is 4. The molecule has 0 aromatic heterocycles. The van der Waals surface area contributed by atoms with Crippen molar-refractivity contribution >= 4 is 24.0 Å². The van der Waals surface area contributed by atoms with Gasteiger partial charge in [-0.1, -0.05) is 117 Å². The van der Waals surface area contributed by atoms with Gasteiger partial charge in [0.25, 0.3) is 0 Å². The third kappa shape index (κ3) is 26.7. The number of carbonyl (C=O) groups is 4. The Labute approximate surface area is 356 Å². The zero-order valence-electron chi connectivity index (χ0n) is 39.3. The van der Waals surface area contributed by atoms with Crippen molar-refractivity contribution in [3.05, 3.63) is 0 Å². The Morgan fingerprint density at radius 2 is 0.948 bits per heavy atom. The molecule has 0 bridgehead atoms. The number of hydrogen-bond acceptors (Lipinski definition) is 8. The highest BCUT2D eigenvalue weighted by molar-refractivity contribution is 5.76. The van der Waals surface area contributed by atoms with Crippen molar-refractivity contribution in [2.75, 3.05) is 26.3 Å². The van der Waals surface area contributed by atoms with Gasteiger partial charge in [0.05, 0.1) is 24.0 Å². The number of nitrogens with zero attached hydrogens (tertiary/aromatic N) is 1. The lowest BCUT2D eigenvalue weighted by Crippen LogP contribution is -2.42. The van der Waals surface area contributed by atoms with E-state index in [1.54, 1.807) is 4.90 Å². The largest absolute Gasteiger partial charge is 0.465 e. The molecular formula is C49H91NO8. The monoisotopic (exact) mass is 822 g/mol. The summed E-state index contributed by atoms with van der Waals surface area (Å²) in [4.78, 5) is 53.2. The second-order valence-corrected chi connectivity index (χ2v) is 19.7. The number of unbranched alkanes of at least 4 members (excludes halogenated alkanes) is 16. The number of likely N-dealkylation sites (tertiary alicyclic amines) is 1. The van der Waals surface area contributed by atoms with Crippen molar-refractivity contribution in [1.29, 1.82) is 0 Å². The highest BCUT2D eigenvalue weighted by Gasteiger charge is 2.31. The van der Waals surface area contributed by atoms with Crippen LogP contribution in [0.3, 0.4) is 0 Å². The minimum atomic E-state index is -0.532. The highest BCUT2D eigenvalue weighted by atomic mass is 16.6. The number of esters is 3. The first-order valence-corrected chi connectivity index (χ1v) is 24.0. The third-order valence-corrected chi connectivity index (χ3v) is 11.7. The van der Waals surface area contributed by atoms with E-state index in [4.69, 9.17) is 18.9 Å². The van der Waals surface area contributed by atoms with Crippen LogP contribution in [-0.4, -0.2) is 66.9 Å². The molecule has 1 aliphatic rings. The summed E-state index contributed by atoms with van der Waals surface area (Å²) >= 11 is 0. The Hall–Kier alpha value is -2.32. The minimum Gasteiger partial charge on any atom is -0.465 e. The molecule has 1 aliphatic heterocycles. The molecule has 0 radical (unpaired) electrons. The molecule has 1 saturated heterocycles. The van der Waals surface area contributed by atoms with Gasteiger partial charge in [0.1, 0.15) is 11.7 Å². The summed E-state index contributed by atoms with van der Waals surface area (Å²) < 4.78 is 23.0. The van der Waals surface area contributed by atoms with E-state index in [0.717, 1.165) is 103 Å². The maximum absolute atomic E-state index is 13.3. The lowest BCUT2D eigenvalue weighted by molar-refractivity contribution is -0.155. The Morgan fingerprint density at radius 3 is 1.36 bits per heavy atom. The molecule has 1 amide bonds. The van der Waals surface area contributed by atoms with Gasteiger partial charge in [-0.05, 0) is 119 Å². The van der Waals surface area contributed by atoms with Gasteiger partial charge < -0.3 is 23.8 Å². The van der Waals surface area contributed by atoms with Crippen LogP contribution in [0.5, 0.6) is 0 Å². The number of amides is 1. The molecule has 58 heavy (non-hydrogen) atoms. The normalized spacial score (nSPS) is 14.1. The van der Waals surface area contributed by atoms with E-state index < -0.39 is 16.4 Å². The molecule has 340 valence electrons. The Kier molecular flexibility index (Phi) is 28.4. The van der Waals surface area contributed by atoms with Crippen molar-refractivity contribution in [1.82, 2.24) is 4.90 Å². The first-order valence-electron chi connectivity index (χ1n) is 24.0. The average Bonchev–Trinajstić information content (AvgIpc) is 3.15. The van der Waals surface area contributed by atoms with Gasteiger partial charge >= 0.3 is 24.0 Å². The van der Waals surface area contributed by atoms with Gasteiger partial charge in [-0.25, -0.2) is 4.79 Å². The van der Waals surface area contributed by atoms with Gasteiger partial charge in [-0.15, -0.1) is 0 Å². The molecule has 9 heteroatoms. The standard InChI is InChI=1S/C49H91NO8/c1-10-12-14-16-18-20-28-38-55-44(52)48(6,7)34-26-22-24-30-42(57-43(51)40-41-32-36-50(37-33-41)46(54)58-47(3,4)5)31-25-23-27-35-49(8,9)45(53)56-39-29-21-19-17-15-13-11-2/h41-42H,10-40H2,1-9H3. The maximum atomic E-state index is 13.3. The summed E-state index contributed by atoms with van der Waals surface area (Å²) in [5.74, 6) is -0.179. The van der Waals surface area contributed by atoms with E-state index in [1.165, 1.54) is 64.2 Å². The summed E-state index contributed by atoms with van der Waals surface area (Å²) in [5, 5.41) is 0. The molecule has 1 rings (SSSR count). The maximum Gasteiger partial charge on any atom is 0.410 e. The van der Waals surface area contributed by atoms with E-state index in [9.17, 15) is 19.2 Å². The molecule has 9 nitrogen and oxygen atoms in total. The number of piperidine rings is 1. The van der Waals surface area contributed by atoms with Crippen molar-refractivity contribution in [3.8, 4) is 0 Å². The lowest BCUT2D eigenvalue weighted by atomic mass is 9.86. The molecule has 0 aromatic rings. The molecule has 0 spiro atoms. The Balaban J connectivity index is 2.56. The summed E-state index contributed by atoms with van der Waals surface area (Å²) in [5.41, 5.74) is -1.56. The fraction of sp³-hybridized carbons (Fsp3) is 0.918. The minimum absolute atomic E-state index is 0.105. The van der Waals surface area contributed by atoms with Crippen molar-refractivity contribution < 1.29 is 38.1 Å². The first-order chi connectivity index (χ1) is 27.5. The van der Waals surface area contributed by atoms with E-state index in [0.29, 0.717) is 32.7 Å². The third-order valence-electron chi connectivity index (χ3n) is 11.7. The molecule has 0 saturated carbocycles. The van der Waals surface area contributed by atoms with Crippen LogP contribution in [0.15, 0.2) is 0 Å². The van der Waals surface area contributed by atoms with Crippen LogP contribution in [-0.2, 0) is 33.3 Å². The van der Waals surface area contributed by atoms with Crippen LogP contribution in [0.4, 0.5) is 4.79 Å². The van der Waals surface area contributed by atoms with Gasteiger partial charge in [-0.3, -0.25) is 14.4 Å². The second-order valence-electron chi connectivity index (χ2n) is 19.7. The van der Waals surface area contributed by atoms with E-state index in [1.807, 2.05) is 48.5 Å². The molecule has 0 unspecified atom stereocenters. The van der Waals surface area contributed by atoms with Gasteiger partial charge in [0, 0.05) is 19.5 Å². The Morgan fingerprint density at radius 1 is 0.552 bits per heavy atom. The predicted octanol–water partition coefficient (Wildman–Crippen LogP) is 13.5. The van der Waals surface area contributed by atoms with E-state index in [2.05, 4.69) is 13.8 Å². The highest BCUT2D eigenvalue weighted by Crippen LogP contribution is 2.29. The summed E-state index contributed by atoms with van der Waals surface area (Å²) in [6.07, 6.45) is 26.9. The van der Waals surface area contributed by atoms with Crippen LogP contribution in [0.25, 0.3) is 0 Å². The van der Waals surface area contributed by atoms with Gasteiger partial charge in [-0.2, -0.15) is 0 Å². The Bertz CT molecular complexity index is 1050. The zero-order valence-corrected chi connectivity index (χ0v) is 39.3. The van der Waals surface area contributed by atoms with Crippen LogP contribution in [0, 0.1) is 16.7 Å². The number of rotatable bonds is 33.